The number of ether oxygens (including phenoxy) is 1. The Bertz CT molecular complexity index is 1420. The van der Waals surface area contributed by atoms with E-state index in [-0.39, 0.29) is 24.2 Å². The number of hydrogen-bond acceptors (Lipinski definition) is 5. The van der Waals surface area contributed by atoms with Gasteiger partial charge in [-0.1, -0.05) is 30.8 Å². The molecule has 0 N–H and O–H groups in total. The molecule has 2 aromatic carbocycles. The minimum Gasteiger partial charge on any atom is -0.410 e. The Hall–Kier alpha value is -4.52. The highest BCUT2D eigenvalue weighted by Crippen LogP contribution is 2.44. The third kappa shape index (κ3) is 2.76. The highest BCUT2D eigenvalue weighted by Gasteiger charge is 2.63. The van der Waals surface area contributed by atoms with E-state index in [1.54, 1.807) is 24.3 Å². The molecule has 0 aliphatic carbocycles. The number of hydrogen-bond donors (Lipinski definition) is 0. The van der Waals surface area contributed by atoms with E-state index in [1.807, 2.05) is 0 Å². The summed E-state index contributed by atoms with van der Waals surface area (Å²) >= 11 is 0. The fraction of sp³-hybridized carbons (Fsp3) is 0.208. The lowest BCUT2D eigenvalue weighted by Crippen LogP contribution is -2.55. The average molecular weight is 457 g/mol. The second-order valence-electron chi connectivity index (χ2n) is 8.36. The zero-order chi connectivity index (χ0) is 23.6. The Balaban J connectivity index is 1.31. The Morgan fingerprint density at radius 2 is 1.85 bits per heavy atom. The third-order valence-corrected chi connectivity index (χ3v) is 6.62. The molecule has 34 heavy (non-hydrogen) atoms. The molecule has 3 fully saturated rings. The number of fused-ring (bicyclic) bond motifs is 6. The first-order valence-corrected chi connectivity index (χ1v) is 10.6. The van der Waals surface area contributed by atoms with E-state index in [0.717, 1.165) is 4.90 Å². The standard InChI is InChI=1S/C24H16FN5O4/c1-26-21-17-5-3-2-4-16(17)19(11-27-21)30-22(31)20-18-10-14(29(20)23(30)32)12-28(18)24(33)34-15-8-6-13(25)7-9-15/h2-9,11,14,18,20H,10,12H2/t14?,18-,20-/m1/s1. The van der Waals surface area contributed by atoms with Crippen LogP contribution in [0.25, 0.3) is 15.6 Å². The number of imide groups is 1. The fourth-order valence-corrected chi connectivity index (χ4v) is 5.18. The van der Waals surface area contributed by atoms with Crippen molar-refractivity contribution < 1.29 is 23.5 Å². The van der Waals surface area contributed by atoms with Crippen molar-refractivity contribution in [3.05, 3.63) is 72.0 Å². The Morgan fingerprint density at radius 3 is 2.59 bits per heavy atom. The van der Waals surface area contributed by atoms with Gasteiger partial charge >= 0.3 is 12.1 Å². The number of carbonyl (C=O) groups excluding carboxylic acids is 3. The van der Waals surface area contributed by atoms with Crippen LogP contribution in [0.15, 0.2) is 54.7 Å². The van der Waals surface area contributed by atoms with E-state index >= 15 is 0 Å². The second-order valence-corrected chi connectivity index (χ2v) is 8.36. The summed E-state index contributed by atoms with van der Waals surface area (Å²) in [7, 11) is 0. The highest BCUT2D eigenvalue weighted by molar-refractivity contribution is 6.25. The lowest BCUT2D eigenvalue weighted by atomic mass is 10.1. The number of halogens is 1. The molecule has 2 bridgehead atoms. The van der Waals surface area contributed by atoms with Gasteiger partial charge in [-0.3, -0.25) is 4.79 Å². The number of piperazine rings is 1. The maximum absolute atomic E-state index is 13.5. The van der Waals surface area contributed by atoms with Crippen molar-refractivity contribution in [3.8, 4) is 5.75 Å². The molecule has 0 radical (unpaired) electrons. The van der Waals surface area contributed by atoms with E-state index in [9.17, 15) is 18.8 Å². The van der Waals surface area contributed by atoms with Gasteiger partial charge in [0.05, 0.1) is 12.1 Å². The van der Waals surface area contributed by atoms with Gasteiger partial charge in [-0.2, -0.15) is 0 Å². The number of nitrogens with zero attached hydrogens (tertiary/aromatic N) is 5. The maximum Gasteiger partial charge on any atom is 0.415 e. The summed E-state index contributed by atoms with van der Waals surface area (Å²) in [5.41, 5.74) is 0.312. The monoisotopic (exact) mass is 457 g/mol. The highest BCUT2D eigenvalue weighted by atomic mass is 19.1. The number of aromatic nitrogens is 1. The summed E-state index contributed by atoms with van der Waals surface area (Å²) in [4.78, 5) is 51.3. The lowest BCUT2D eigenvalue weighted by Gasteiger charge is -2.34. The molecule has 9 nitrogen and oxygen atoms in total. The quantitative estimate of drug-likeness (QED) is 0.433. The Labute approximate surface area is 192 Å². The first-order valence-electron chi connectivity index (χ1n) is 10.6. The first-order chi connectivity index (χ1) is 16.5. The number of pyridine rings is 1. The molecular weight excluding hydrogens is 441 g/mol. The van der Waals surface area contributed by atoms with Gasteiger partial charge in [0.15, 0.2) is 0 Å². The minimum absolute atomic E-state index is 0.189. The Morgan fingerprint density at radius 1 is 1.12 bits per heavy atom. The topological polar surface area (TPSA) is 87.4 Å². The zero-order valence-corrected chi connectivity index (χ0v) is 17.6. The smallest absolute Gasteiger partial charge is 0.410 e. The van der Waals surface area contributed by atoms with Crippen LogP contribution in [0.4, 0.5) is 25.5 Å². The van der Waals surface area contributed by atoms with Crippen molar-refractivity contribution in [2.75, 3.05) is 11.4 Å². The molecule has 3 aliphatic rings. The van der Waals surface area contributed by atoms with Crippen LogP contribution in [-0.2, 0) is 4.79 Å². The number of urea groups is 1. The number of benzene rings is 2. The molecule has 1 unspecified atom stereocenters. The number of anilines is 1. The van der Waals surface area contributed by atoms with Crippen molar-refractivity contribution in [2.45, 2.75) is 24.5 Å². The van der Waals surface area contributed by atoms with Crippen molar-refractivity contribution >= 4 is 40.3 Å². The second kappa shape index (κ2) is 7.25. The molecule has 3 aromatic rings. The van der Waals surface area contributed by atoms with Crippen LogP contribution in [0.2, 0.25) is 0 Å². The molecule has 6 rings (SSSR count). The molecule has 0 saturated carbocycles. The van der Waals surface area contributed by atoms with Gasteiger partial charge in [0.1, 0.15) is 29.5 Å². The van der Waals surface area contributed by atoms with E-state index in [4.69, 9.17) is 11.3 Å². The van der Waals surface area contributed by atoms with Crippen molar-refractivity contribution in [3.63, 3.8) is 0 Å². The van der Waals surface area contributed by atoms with E-state index in [0.29, 0.717) is 22.9 Å². The van der Waals surface area contributed by atoms with Gasteiger partial charge in [-0.15, -0.1) is 4.98 Å². The summed E-state index contributed by atoms with van der Waals surface area (Å²) < 4.78 is 18.5. The number of amides is 4. The normalized spacial score (nSPS) is 22.9. The van der Waals surface area contributed by atoms with Gasteiger partial charge in [-0.25, -0.2) is 18.9 Å². The van der Waals surface area contributed by atoms with Gasteiger partial charge in [0, 0.05) is 17.3 Å². The molecule has 3 saturated heterocycles. The molecule has 0 spiro atoms. The van der Waals surface area contributed by atoms with Crippen LogP contribution in [0.5, 0.6) is 5.75 Å². The van der Waals surface area contributed by atoms with Gasteiger partial charge in [0.25, 0.3) is 11.7 Å². The van der Waals surface area contributed by atoms with Crippen LogP contribution >= 0.6 is 0 Å². The minimum atomic E-state index is -0.827. The zero-order valence-electron chi connectivity index (χ0n) is 17.6. The van der Waals surface area contributed by atoms with Crippen LogP contribution in [0, 0.1) is 12.4 Å². The molecule has 1 aromatic heterocycles. The Kier molecular flexibility index (Phi) is 4.29. The molecule has 4 heterocycles. The summed E-state index contributed by atoms with van der Waals surface area (Å²) in [5.74, 6) is -0.510. The molecule has 168 valence electrons. The van der Waals surface area contributed by atoms with E-state index < -0.39 is 35.9 Å². The number of carbonyl (C=O) groups is 3. The first kappa shape index (κ1) is 20.1. The van der Waals surface area contributed by atoms with E-state index in [2.05, 4.69) is 9.83 Å². The van der Waals surface area contributed by atoms with Crippen molar-refractivity contribution in [2.24, 2.45) is 0 Å². The summed E-state index contributed by atoms with van der Waals surface area (Å²) in [6.45, 7) is 7.58. The third-order valence-electron chi connectivity index (χ3n) is 6.62. The summed E-state index contributed by atoms with van der Waals surface area (Å²) in [6, 6.07) is 9.94. The molecular formula is C24H16FN5O4. The molecule has 10 heteroatoms. The number of rotatable bonds is 2. The molecule has 3 aliphatic heterocycles. The summed E-state index contributed by atoms with van der Waals surface area (Å²) in [6.07, 6.45) is 1.20. The predicted molar refractivity (Wildman–Crippen MR) is 118 cm³/mol. The van der Waals surface area contributed by atoms with Crippen LogP contribution in [0.1, 0.15) is 6.42 Å². The molecule has 3 atom stereocenters. The van der Waals surface area contributed by atoms with Crippen molar-refractivity contribution in [1.82, 2.24) is 14.8 Å². The summed E-state index contributed by atoms with van der Waals surface area (Å²) in [5, 5.41) is 1.13. The number of likely N-dealkylation sites (tertiary alicyclic amines) is 1. The maximum atomic E-state index is 13.5. The fourth-order valence-electron chi connectivity index (χ4n) is 5.18. The molecule has 4 amide bonds. The van der Waals surface area contributed by atoms with Gasteiger partial charge in [0.2, 0.25) is 0 Å². The van der Waals surface area contributed by atoms with E-state index in [1.165, 1.54) is 40.3 Å². The van der Waals surface area contributed by atoms with Crippen LogP contribution < -0.4 is 9.64 Å². The average Bonchev–Trinajstić information content (AvgIpc) is 3.51. The van der Waals surface area contributed by atoms with Gasteiger partial charge in [-0.05, 0) is 30.7 Å². The lowest BCUT2D eigenvalue weighted by molar-refractivity contribution is -0.121. The van der Waals surface area contributed by atoms with Gasteiger partial charge < -0.3 is 19.4 Å². The largest absolute Gasteiger partial charge is 0.415 e. The van der Waals surface area contributed by atoms with Crippen LogP contribution in [-0.4, -0.2) is 57.5 Å². The van der Waals surface area contributed by atoms with Crippen LogP contribution in [0.3, 0.4) is 0 Å². The van der Waals surface area contributed by atoms with Crippen molar-refractivity contribution in [1.29, 1.82) is 0 Å². The SMILES string of the molecule is [C-]#[N+]c1ncc(N2C(=O)[C@H]3[C@H]4CC(CN4C(=O)Oc4ccc(F)cc4)N3C2=O)c2ccccc12. The predicted octanol–water partition coefficient (Wildman–Crippen LogP) is 3.72.